The topological polar surface area (TPSA) is 39.4 Å². The summed E-state index contributed by atoms with van der Waals surface area (Å²) in [6, 6.07) is 11.8. The lowest BCUT2D eigenvalue weighted by atomic mass is 10.1. The molecule has 1 heterocycles. The Labute approximate surface area is 132 Å². The molecule has 1 aromatic heterocycles. The minimum Gasteiger partial charge on any atom is -0.460 e. The van der Waals surface area contributed by atoms with Gasteiger partial charge in [-0.05, 0) is 25.8 Å². The smallest absolute Gasteiger partial charge is 0.374 e. The summed E-state index contributed by atoms with van der Waals surface area (Å²) in [5.74, 6) is 0.724. The van der Waals surface area contributed by atoms with E-state index < -0.39 is 0 Å². The molecule has 0 fully saturated rings. The number of rotatable bonds is 8. The molecule has 0 unspecified atom stereocenters. The van der Waals surface area contributed by atoms with Crippen LogP contribution in [0.2, 0.25) is 0 Å². The molecule has 2 rings (SSSR count). The first-order valence-electron chi connectivity index (χ1n) is 8.11. The number of hydrogen-bond acceptors (Lipinski definition) is 3. The average molecular weight is 300 g/mol. The number of aryl methyl sites for hydroxylation is 1. The lowest BCUT2D eigenvalue weighted by molar-refractivity contribution is 0.0489. The molecule has 2 aromatic rings. The molecule has 0 saturated carbocycles. The Hall–Kier alpha value is -2.03. The molecule has 0 bridgehead atoms. The van der Waals surface area contributed by atoms with Crippen molar-refractivity contribution in [2.45, 2.75) is 46.0 Å². The predicted molar refractivity (Wildman–Crippen MR) is 87.9 cm³/mol. The van der Waals surface area contributed by atoms with Gasteiger partial charge in [-0.25, -0.2) is 4.79 Å². The van der Waals surface area contributed by atoms with Crippen LogP contribution in [0.3, 0.4) is 0 Å². The maximum Gasteiger partial charge on any atom is 0.374 e. The maximum absolute atomic E-state index is 12.1. The fourth-order valence-corrected chi connectivity index (χ4v) is 2.47. The van der Waals surface area contributed by atoms with Crippen molar-refractivity contribution in [1.29, 1.82) is 0 Å². The highest BCUT2D eigenvalue weighted by Gasteiger charge is 2.19. The molecule has 118 valence electrons. The van der Waals surface area contributed by atoms with Gasteiger partial charge in [-0.1, -0.05) is 56.5 Å². The molecule has 0 radical (unpaired) electrons. The third-order valence-corrected chi connectivity index (χ3v) is 3.63. The highest BCUT2D eigenvalue weighted by molar-refractivity contribution is 5.89. The predicted octanol–water partition coefficient (Wildman–Crippen LogP) is 5.25. The van der Waals surface area contributed by atoms with E-state index in [-0.39, 0.29) is 5.97 Å². The molecule has 0 N–H and O–H groups in total. The quantitative estimate of drug-likeness (QED) is 0.494. The van der Waals surface area contributed by atoms with Crippen LogP contribution >= 0.6 is 0 Å². The van der Waals surface area contributed by atoms with Gasteiger partial charge in [0.05, 0.1) is 6.61 Å². The van der Waals surface area contributed by atoms with E-state index in [0.29, 0.717) is 12.4 Å². The number of benzene rings is 1. The second kappa shape index (κ2) is 8.42. The summed E-state index contributed by atoms with van der Waals surface area (Å²) in [4.78, 5) is 12.1. The molecule has 0 aliphatic rings. The third kappa shape index (κ3) is 4.23. The van der Waals surface area contributed by atoms with Crippen LogP contribution in [-0.4, -0.2) is 12.6 Å². The Morgan fingerprint density at radius 1 is 1.09 bits per heavy atom. The van der Waals surface area contributed by atoms with Crippen molar-refractivity contribution in [3.63, 3.8) is 0 Å². The van der Waals surface area contributed by atoms with Gasteiger partial charge in [0.15, 0.2) is 0 Å². The molecule has 0 aliphatic carbocycles. The minimum absolute atomic E-state index is 0.357. The van der Waals surface area contributed by atoms with Gasteiger partial charge < -0.3 is 9.15 Å². The molecule has 22 heavy (non-hydrogen) atoms. The normalized spacial score (nSPS) is 10.6. The van der Waals surface area contributed by atoms with E-state index in [1.807, 2.05) is 36.4 Å². The van der Waals surface area contributed by atoms with E-state index in [2.05, 4.69) is 6.92 Å². The number of hydrogen-bond donors (Lipinski definition) is 0. The summed E-state index contributed by atoms with van der Waals surface area (Å²) in [6.45, 7) is 4.35. The van der Waals surface area contributed by atoms with Crippen LogP contribution in [0.4, 0.5) is 0 Å². The summed E-state index contributed by atoms with van der Waals surface area (Å²) in [5.41, 5.74) is 1.93. The van der Waals surface area contributed by atoms with Gasteiger partial charge in [0.1, 0.15) is 5.76 Å². The molecule has 0 spiro atoms. The van der Waals surface area contributed by atoms with E-state index >= 15 is 0 Å². The van der Waals surface area contributed by atoms with Crippen LogP contribution in [-0.2, 0) is 11.2 Å². The lowest BCUT2D eigenvalue weighted by Crippen LogP contribution is -2.06. The first-order valence-corrected chi connectivity index (χ1v) is 8.11. The summed E-state index contributed by atoms with van der Waals surface area (Å²) in [5, 5.41) is 0. The standard InChI is InChI=1S/C19H24O3/c1-3-5-6-8-13-16-14-17(15-11-9-7-10-12-15)22-18(16)19(20)21-4-2/h7,9-12,14H,3-6,8,13H2,1-2H3. The fourth-order valence-electron chi connectivity index (χ4n) is 2.47. The summed E-state index contributed by atoms with van der Waals surface area (Å²) < 4.78 is 10.9. The van der Waals surface area contributed by atoms with Gasteiger partial charge in [0.2, 0.25) is 5.76 Å². The van der Waals surface area contributed by atoms with Crippen molar-refractivity contribution in [2.75, 3.05) is 6.61 Å². The third-order valence-electron chi connectivity index (χ3n) is 3.63. The first kappa shape index (κ1) is 16.3. The van der Waals surface area contributed by atoms with Crippen molar-refractivity contribution < 1.29 is 13.9 Å². The van der Waals surface area contributed by atoms with E-state index in [1.165, 1.54) is 19.3 Å². The number of unbranched alkanes of at least 4 members (excludes halogenated alkanes) is 3. The van der Waals surface area contributed by atoms with Crippen LogP contribution < -0.4 is 0 Å². The zero-order chi connectivity index (χ0) is 15.8. The van der Waals surface area contributed by atoms with Gasteiger partial charge in [-0.2, -0.15) is 0 Å². The van der Waals surface area contributed by atoms with Crippen LogP contribution in [0.15, 0.2) is 40.8 Å². The first-order chi connectivity index (χ1) is 10.8. The monoisotopic (exact) mass is 300 g/mol. The molecule has 0 amide bonds. The van der Waals surface area contributed by atoms with E-state index in [1.54, 1.807) is 6.92 Å². The van der Waals surface area contributed by atoms with Crippen LogP contribution in [0, 0.1) is 0 Å². The summed E-state index contributed by atoms with van der Waals surface area (Å²) in [7, 11) is 0. The number of carbonyl (C=O) groups excluding carboxylic acids is 1. The minimum atomic E-state index is -0.366. The highest BCUT2D eigenvalue weighted by Crippen LogP contribution is 2.27. The van der Waals surface area contributed by atoms with Gasteiger partial charge >= 0.3 is 5.97 Å². The van der Waals surface area contributed by atoms with Crippen molar-refractivity contribution in [3.05, 3.63) is 47.7 Å². The molecule has 0 saturated heterocycles. The Bertz CT molecular complexity index is 584. The maximum atomic E-state index is 12.1. The highest BCUT2D eigenvalue weighted by atomic mass is 16.5. The summed E-state index contributed by atoms with van der Waals surface area (Å²) >= 11 is 0. The van der Waals surface area contributed by atoms with Crippen LogP contribution in [0.25, 0.3) is 11.3 Å². The number of furan rings is 1. The zero-order valence-electron chi connectivity index (χ0n) is 13.4. The van der Waals surface area contributed by atoms with Gasteiger partial charge in [0.25, 0.3) is 0 Å². The average Bonchev–Trinajstić information content (AvgIpc) is 2.97. The van der Waals surface area contributed by atoms with Crippen molar-refractivity contribution in [2.24, 2.45) is 0 Å². The largest absolute Gasteiger partial charge is 0.460 e. The van der Waals surface area contributed by atoms with E-state index in [4.69, 9.17) is 9.15 Å². The van der Waals surface area contributed by atoms with Gasteiger partial charge in [-0.3, -0.25) is 0 Å². The Balaban J connectivity index is 2.21. The molecule has 3 heteroatoms. The molecule has 0 atom stereocenters. The second-order valence-electron chi connectivity index (χ2n) is 5.36. The van der Waals surface area contributed by atoms with E-state index in [9.17, 15) is 4.79 Å². The summed E-state index contributed by atoms with van der Waals surface area (Å²) in [6.07, 6.45) is 5.51. The van der Waals surface area contributed by atoms with Crippen molar-refractivity contribution in [1.82, 2.24) is 0 Å². The van der Waals surface area contributed by atoms with E-state index in [0.717, 1.165) is 29.7 Å². The van der Waals surface area contributed by atoms with Gasteiger partial charge in [0, 0.05) is 11.1 Å². The Morgan fingerprint density at radius 2 is 1.86 bits per heavy atom. The molecular formula is C19H24O3. The molecular weight excluding hydrogens is 276 g/mol. The number of carbonyl (C=O) groups is 1. The fraction of sp³-hybridized carbons (Fsp3) is 0.421. The molecule has 1 aromatic carbocycles. The lowest BCUT2D eigenvalue weighted by Gasteiger charge is -2.02. The van der Waals surface area contributed by atoms with Crippen LogP contribution in [0.1, 0.15) is 55.6 Å². The Morgan fingerprint density at radius 3 is 2.55 bits per heavy atom. The molecule has 0 aliphatic heterocycles. The SMILES string of the molecule is CCCCCCc1cc(-c2ccccc2)oc1C(=O)OCC. The van der Waals surface area contributed by atoms with Crippen molar-refractivity contribution in [3.8, 4) is 11.3 Å². The van der Waals surface area contributed by atoms with Gasteiger partial charge in [-0.15, -0.1) is 0 Å². The Kier molecular flexibility index (Phi) is 6.26. The molecule has 3 nitrogen and oxygen atoms in total. The number of ether oxygens (including phenoxy) is 1. The second-order valence-corrected chi connectivity index (χ2v) is 5.36. The van der Waals surface area contributed by atoms with Crippen molar-refractivity contribution >= 4 is 5.97 Å². The number of esters is 1. The van der Waals surface area contributed by atoms with Crippen LogP contribution in [0.5, 0.6) is 0 Å². The zero-order valence-corrected chi connectivity index (χ0v) is 13.4.